The van der Waals surface area contributed by atoms with Crippen LogP contribution in [0.2, 0.25) is 0 Å². The lowest BCUT2D eigenvalue weighted by Gasteiger charge is -2.18. The molecule has 0 atom stereocenters. The number of aromatic nitrogens is 1. The van der Waals surface area contributed by atoms with E-state index in [0.29, 0.717) is 12.4 Å². The molecule has 4 heteroatoms. The summed E-state index contributed by atoms with van der Waals surface area (Å²) in [6.07, 6.45) is -0.689. The molecule has 106 valence electrons. The molecule has 1 aromatic heterocycles. The monoisotopic (exact) mass is 273 g/mol. The summed E-state index contributed by atoms with van der Waals surface area (Å²) in [5.41, 5.74) is 1.92. The van der Waals surface area contributed by atoms with E-state index in [-0.39, 0.29) is 5.41 Å². The molecule has 4 nitrogen and oxygen atoms in total. The van der Waals surface area contributed by atoms with Crippen LogP contribution < -0.4 is 4.74 Å². The van der Waals surface area contributed by atoms with Crippen LogP contribution in [0.25, 0.3) is 10.9 Å². The molecule has 0 N–H and O–H groups in total. The molecule has 0 radical (unpaired) electrons. The summed E-state index contributed by atoms with van der Waals surface area (Å²) in [4.78, 5) is 15.9. The highest BCUT2D eigenvalue weighted by Crippen LogP contribution is 2.25. The number of carbonyl (C=O) groups is 1. The average Bonchev–Trinajstić information content (AvgIpc) is 2.37. The van der Waals surface area contributed by atoms with E-state index in [2.05, 4.69) is 25.8 Å². The summed E-state index contributed by atoms with van der Waals surface area (Å²) in [5.74, 6) is 0.459. The number of carbonyl (C=O) groups excluding carboxylic acids is 1. The van der Waals surface area contributed by atoms with Crippen LogP contribution in [0.15, 0.2) is 30.3 Å². The molecule has 1 heterocycles. The van der Waals surface area contributed by atoms with E-state index in [4.69, 9.17) is 9.47 Å². The Labute approximate surface area is 118 Å². The van der Waals surface area contributed by atoms with Gasteiger partial charge in [-0.25, -0.2) is 4.79 Å². The van der Waals surface area contributed by atoms with Crippen LogP contribution in [0.1, 0.15) is 33.4 Å². The van der Waals surface area contributed by atoms with Gasteiger partial charge < -0.3 is 9.47 Å². The number of pyridine rings is 1. The minimum Gasteiger partial charge on any atom is -0.434 e. The van der Waals surface area contributed by atoms with E-state index in [1.165, 1.54) is 0 Å². The highest BCUT2D eigenvalue weighted by Gasteiger charge is 2.15. The van der Waals surface area contributed by atoms with Crippen LogP contribution in [0.5, 0.6) is 5.75 Å². The van der Waals surface area contributed by atoms with Gasteiger partial charge in [-0.1, -0.05) is 26.8 Å². The topological polar surface area (TPSA) is 48.4 Å². The third kappa shape index (κ3) is 3.26. The maximum atomic E-state index is 11.3. The van der Waals surface area contributed by atoms with Gasteiger partial charge in [-0.05, 0) is 31.2 Å². The van der Waals surface area contributed by atoms with Gasteiger partial charge in [-0.15, -0.1) is 0 Å². The molecule has 0 fully saturated rings. The molecule has 0 unspecified atom stereocenters. The number of nitrogens with zero attached hydrogens (tertiary/aromatic N) is 1. The van der Waals surface area contributed by atoms with Crippen molar-refractivity contribution in [3.8, 4) is 5.75 Å². The van der Waals surface area contributed by atoms with Crippen molar-refractivity contribution < 1.29 is 14.3 Å². The molecule has 0 amide bonds. The molecule has 0 bridgehead atoms. The summed E-state index contributed by atoms with van der Waals surface area (Å²) in [6, 6.07) is 9.33. The van der Waals surface area contributed by atoms with Crippen LogP contribution in [0, 0.1) is 0 Å². The van der Waals surface area contributed by atoms with E-state index in [9.17, 15) is 4.79 Å². The van der Waals surface area contributed by atoms with Crippen LogP contribution in [0.4, 0.5) is 4.79 Å². The van der Waals surface area contributed by atoms with Gasteiger partial charge in [-0.2, -0.15) is 0 Å². The van der Waals surface area contributed by atoms with Gasteiger partial charge in [0, 0.05) is 16.5 Å². The SMILES string of the molecule is CCOC(=O)Oc1ccc2nc(C(C)(C)C)ccc2c1. The summed E-state index contributed by atoms with van der Waals surface area (Å²) in [5, 5.41) is 0.930. The van der Waals surface area contributed by atoms with Gasteiger partial charge in [0.2, 0.25) is 0 Å². The third-order valence-corrected chi connectivity index (χ3v) is 2.89. The van der Waals surface area contributed by atoms with Crippen LogP contribution in [-0.4, -0.2) is 17.7 Å². The molecule has 1 aromatic carbocycles. The predicted molar refractivity (Wildman–Crippen MR) is 78.1 cm³/mol. The molecule has 2 aromatic rings. The Morgan fingerprint density at radius 3 is 2.60 bits per heavy atom. The Hall–Kier alpha value is -2.10. The summed E-state index contributed by atoms with van der Waals surface area (Å²) >= 11 is 0. The Kier molecular flexibility index (Phi) is 3.93. The zero-order valence-corrected chi connectivity index (χ0v) is 12.3. The second kappa shape index (κ2) is 5.49. The summed E-state index contributed by atoms with van der Waals surface area (Å²) in [6.45, 7) is 8.40. The fourth-order valence-electron chi connectivity index (χ4n) is 1.83. The number of fused-ring (bicyclic) bond motifs is 1. The van der Waals surface area contributed by atoms with Crippen LogP contribution >= 0.6 is 0 Å². The van der Waals surface area contributed by atoms with Gasteiger partial charge in [0.05, 0.1) is 12.1 Å². The van der Waals surface area contributed by atoms with Crippen molar-refractivity contribution in [2.24, 2.45) is 0 Å². The van der Waals surface area contributed by atoms with E-state index in [0.717, 1.165) is 16.6 Å². The number of ether oxygens (including phenoxy) is 2. The number of benzene rings is 1. The van der Waals surface area contributed by atoms with Gasteiger partial charge in [0.25, 0.3) is 0 Å². The van der Waals surface area contributed by atoms with E-state index < -0.39 is 6.16 Å². The maximum absolute atomic E-state index is 11.3. The highest BCUT2D eigenvalue weighted by molar-refractivity contribution is 5.81. The minimum atomic E-state index is -0.689. The summed E-state index contributed by atoms with van der Waals surface area (Å²) < 4.78 is 9.82. The lowest BCUT2D eigenvalue weighted by Crippen LogP contribution is -2.13. The zero-order valence-electron chi connectivity index (χ0n) is 12.3. The second-order valence-corrected chi connectivity index (χ2v) is 5.59. The fourth-order valence-corrected chi connectivity index (χ4v) is 1.83. The molecule has 0 saturated carbocycles. The lowest BCUT2D eigenvalue weighted by atomic mass is 9.91. The van der Waals surface area contributed by atoms with Crippen molar-refractivity contribution in [1.29, 1.82) is 0 Å². The average molecular weight is 273 g/mol. The lowest BCUT2D eigenvalue weighted by molar-refractivity contribution is 0.104. The standard InChI is InChI=1S/C16H19NO3/c1-5-19-15(18)20-12-7-8-13-11(10-12)6-9-14(17-13)16(2,3)4/h6-10H,5H2,1-4H3. The highest BCUT2D eigenvalue weighted by atomic mass is 16.7. The molecule has 20 heavy (non-hydrogen) atoms. The molecular weight excluding hydrogens is 254 g/mol. The Morgan fingerprint density at radius 2 is 1.95 bits per heavy atom. The first-order valence-corrected chi connectivity index (χ1v) is 6.66. The molecule has 2 rings (SSSR count). The zero-order chi connectivity index (χ0) is 14.8. The van der Waals surface area contributed by atoms with Crippen molar-refractivity contribution in [2.75, 3.05) is 6.61 Å². The maximum Gasteiger partial charge on any atom is 0.513 e. The van der Waals surface area contributed by atoms with Crippen molar-refractivity contribution in [2.45, 2.75) is 33.1 Å². The van der Waals surface area contributed by atoms with Crippen LogP contribution in [-0.2, 0) is 10.2 Å². The molecule has 0 aliphatic heterocycles. The first kappa shape index (κ1) is 14.3. The smallest absolute Gasteiger partial charge is 0.434 e. The van der Waals surface area contributed by atoms with Gasteiger partial charge >= 0.3 is 6.16 Å². The Morgan fingerprint density at radius 1 is 1.20 bits per heavy atom. The van der Waals surface area contributed by atoms with Crippen molar-refractivity contribution >= 4 is 17.1 Å². The van der Waals surface area contributed by atoms with Crippen LogP contribution in [0.3, 0.4) is 0 Å². The van der Waals surface area contributed by atoms with E-state index in [1.807, 2.05) is 18.2 Å². The molecule has 0 spiro atoms. The first-order valence-electron chi connectivity index (χ1n) is 6.66. The van der Waals surface area contributed by atoms with Crippen molar-refractivity contribution in [3.05, 3.63) is 36.0 Å². The molecular formula is C16H19NO3. The Bertz CT molecular complexity index is 629. The third-order valence-electron chi connectivity index (χ3n) is 2.89. The van der Waals surface area contributed by atoms with Gasteiger partial charge in [0.1, 0.15) is 5.75 Å². The second-order valence-electron chi connectivity index (χ2n) is 5.59. The number of hydrogen-bond donors (Lipinski definition) is 0. The largest absolute Gasteiger partial charge is 0.513 e. The summed E-state index contributed by atoms with van der Waals surface area (Å²) in [7, 11) is 0. The van der Waals surface area contributed by atoms with E-state index in [1.54, 1.807) is 19.1 Å². The molecule has 0 saturated heterocycles. The van der Waals surface area contributed by atoms with Gasteiger partial charge in [0.15, 0.2) is 0 Å². The Balaban J connectivity index is 2.30. The van der Waals surface area contributed by atoms with Crippen molar-refractivity contribution in [3.63, 3.8) is 0 Å². The molecule has 0 aliphatic rings. The quantitative estimate of drug-likeness (QED) is 0.611. The molecule has 0 aliphatic carbocycles. The minimum absolute atomic E-state index is 0.00823. The number of rotatable bonds is 2. The van der Waals surface area contributed by atoms with Gasteiger partial charge in [-0.3, -0.25) is 4.98 Å². The number of hydrogen-bond acceptors (Lipinski definition) is 4. The first-order chi connectivity index (χ1) is 9.40. The fraction of sp³-hybridized carbons (Fsp3) is 0.375. The predicted octanol–water partition coefficient (Wildman–Crippen LogP) is 4.07. The van der Waals surface area contributed by atoms with E-state index >= 15 is 0 Å². The van der Waals surface area contributed by atoms with Crippen molar-refractivity contribution in [1.82, 2.24) is 4.98 Å². The normalized spacial score (nSPS) is 11.4.